The van der Waals surface area contributed by atoms with Gasteiger partial charge < -0.3 is 10.1 Å². The number of fused-ring (bicyclic) bond motifs is 1. The number of carbonyl (C=O) groups excluding carboxylic acids is 1. The average molecular weight is 368 g/mol. The van der Waals surface area contributed by atoms with Crippen LogP contribution in [0.4, 0.5) is 5.69 Å². The molecule has 0 aliphatic heterocycles. The van der Waals surface area contributed by atoms with Gasteiger partial charge in [-0.25, -0.2) is 0 Å². The minimum Gasteiger partial charge on any atom is -0.490 e. The Hall–Kier alpha value is -2.86. The molecule has 0 radical (unpaired) electrons. The van der Waals surface area contributed by atoms with Gasteiger partial charge in [0, 0.05) is 17.3 Å². The van der Waals surface area contributed by atoms with Gasteiger partial charge in [0.1, 0.15) is 12.4 Å². The van der Waals surface area contributed by atoms with Crippen LogP contribution in [0.5, 0.6) is 5.75 Å². The molecule has 0 unspecified atom stereocenters. The van der Waals surface area contributed by atoms with Crippen LogP contribution in [-0.2, 0) is 0 Å². The first-order chi connectivity index (χ1) is 12.5. The van der Waals surface area contributed by atoms with Gasteiger partial charge in [0.05, 0.1) is 10.2 Å². The molecule has 0 spiro atoms. The topological polar surface area (TPSA) is 60.3 Å². The van der Waals surface area contributed by atoms with Crippen LogP contribution in [0.1, 0.15) is 30.2 Å². The average Bonchev–Trinajstić information content (AvgIpc) is 2.95. The maximum atomic E-state index is 12.4. The Balaban J connectivity index is 1.79. The number of benzene rings is 2. The van der Waals surface area contributed by atoms with E-state index < -0.39 is 0 Å². The Kier molecular flexibility index (Phi) is 5.23. The van der Waals surface area contributed by atoms with Gasteiger partial charge in [-0.2, -0.15) is 0 Å². The molecular weight excluding hydrogens is 348 g/mol. The third-order valence-electron chi connectivity index (χ3n) is 3.87. The number of amides is 1. The molecule has 3 aromatic rings. The quantitative estimate of drug-likeness (QED) is 0.654. The fraction of sp³-hybridized carbons (Fsp3) is 0.200. The number of anilines is 1. The number of ether oxygens (including phenoxy) is 1. The normalized spacial score (nSPS) is 10.9. The van der Waals surface area contributed by atoms with Gasteiger partial charge in [-0.05, 0) is 56.3 Å². The number of nitrogens with zero attached hydrogens (tertiary/aromatic N) is 1. The van der Waals surface area contributed by atoms with Crippen molar-refractivity contribution in [3.8, 4) is 5.75 Å². The van der Waals surface area contributed by atoms with Gasteiger partial charge in [-0.15, -0.1) is 0 Å². The molecule has 134 valence electrons. The van der Waals surface area contributed by atoms with Gasteiger partial charge in [0.25, 0.3) is 5.91 Å². The van der Waals surface area contributed by atoms with Crippen LogP contribution in [0, 0.1) is 0 Å². The number of thiazole rings is 1. The predicted octanol–water partition coefficient (Wildman–Crippen LogP) is 4.46. The molecule has 0 saturated heterocycles. The Morgan fingerprint density at radius 2 is 2.00 bits per heavy atom. The van der Waals surface area contributed by atoms with E-state index in [1.807, 2.05) is 32.0 Å². The van der Waals surface area contributed by atoms with Crippen molar-refractivity contribution < 1.29 is 9.53 Å². The molecule has 0 atom stereocenters. The van der Waals surface area contributed by atoms with Gasteiger partial charge in [-0.3, -0.25) is 14.2 Å². The van der Waals surface area contributed by atoms with E-state index in [0.29, 0.717) is 23.6 Å². The van der Waals surface area contributed by atoms with Crippen molar-refractivity contribution >= 4 is 33.1 Å². The molecule has 0 bridgehead atoms. The highest BCUT2D eigenvalue weighted by molar-refractivity contribution is 7.16. The van der Waals surface area contributed by atoms with Crippen molar-refractivity contribution in [3.05, 3.63) is 70.4 Å². The lowest BCUT2D eigenvalue weighted by Gasteiger charge is -2.09. The summed E-state index contributed by atoms with van der Waals surface area (Å²) in [6.07, 6.45) is 1.66. The van der Waals surface area contributed by atoms with E-state index in [1.165, 1.54) is 11.3 Å². The van der Waals surface area contributed by atoms with Crippen LogP contribution in [0.25, 0.3) is 10.2 Å². The number of hydrogen-bond donors (Lipinski definition) is 1. The van der Waals surface area contributed by atoms with Gasteiger partial charge in [0.15, 0.2) is 0 Å². The molecule has 0 fully saturated rings. The zero-order chi connectivity index (χ0) is 18.7. The predicted molar refractivity (Wildman–Crippen MR) is 107 cm³/mol. The van der Waals surface area contributed by atoms with Crippen LogP contribution in [0.2, 0.25) is 0 Å². The summed E-state index contributed by atoms with van der Waals surface area (Å²) in [7, 11) is 0. The maximum absolute atomic E-state index is 12.4. The Morgan fingerprint density at radius 1 is 1.27 bits per heavy atom. The number of rotatable bonds is 6. The fourth-order valence-corrected chi connectivity index (χ4v) is 3.72. The molecule has 26 heavy (non-hydrogen) atoms. The molecule has 1 heterocycles. The first-order valence-corrected chi connectivity index (χ1v) is 9.11. The molecule has 1 amide bonds. The second kappa shape index (κ2) is 7.58. The largest absolute Gasteiger partial charge is 0.490 e. The van der Waals surface area contributed by atoms with E-state index in [2.05, 4.69) is 11.9 Å². The van der Waals surface area contributed by atoms with E-state index in [4.69, 9.17) is 4.74 Å². The summed E-state index contributed by atoms with van der Waals surface area (Å²) < 4.78 is 8.02. The van der Waals surface area contributed by atoms with Crippen LogP contribution < -0.4 is 14.9 Å². The molecule has 3 rings (SSSR count). The summed E-state index contributed by atoms with van der Waals surface area (Å²) in [5.74, 6) is 0.470. The molecule has 2 aromatic carbocycles. The van der Waals surface area contributed by atoms with Crippen LogP contribution in [0.3, 0.4) is 0 Å². The summed E-state index contributed by atoms with van der Waals surface area (Å²) >= 11 is 1.19. The van der Waals surface area contributed by atoms with E-state index in [-0.39, 0.29) is 16.8 Å². The van der Waals surface area contributed by atoms with Crippen molar-refractivity contribution in [1.29, 1.82) is 0 Å². The van der Waals surface area contributed by atoms with Gasteiger partial charge >= 0.3 is 4.87 Å². The summed E-state index contributed by atoms with van der Waals surface area (Å²) in [5, 5.41) is 2.87. The molecule has 0 aliphatic carbocycles. The summed E-state index contributed by atoms with van der Waals surface area (Å²) in [4.78, 5) is 24.6. The van der Waals surface area contributed by atoms with E-state index >= 15 is 0 Å². The maximum Gasteiger partial charge on any atom is 0.308 e. The lowest BCUT2D eigenvalue weighted by atomic mass is 10.2. The molecule has 0 aliphatic rings. The number of carbonyl (C=O) groups is 1. The first-order valence-electron chi connectivity index (χ1n) is 8.30. The monoisotopic (exact) mass is 368 g/mol. The number of aromatic nitrogens is 1. The highest BCUT2D eigenvalue weighted by Crippen LogP contribution is 2.24. The van der Waals surface area contributed by atoms with Crippen molar-refractivity contribution in [2.75, 3.05) is 11.9 Å². The Bertz CT molecular complexity index is 1000. The Labute approximate surface area is 155 Å². The van der Waals surface area contributed by atoms with Crippen molar-refractivity contribution in [3.63, 3.8) is 0 Å². The number of nitrogens with one attached hydrogen (secondary N) is 1. The smallest absolute Gasteiger partial charge is 0.308 e. The van der Waals surface area contributed by atoms with Crippen molar-refractivity contribution in [2.24, 2.45) is 0 Å². The molecule has 1 N–H and O–H groups in total. The lowest BCUT2D eigenvalue weighted by Crippen LogP contribution is -2.14. The molecular formula is C20H20N2O3S. The lowest BCUT2D eigenvalue weighted by molar-refractivity contribution is 0.102. The SMILES string of the molecule is C=CCOc1ccc(C(=O)Nc2ccc3c(c2)sc(=O)n3C(C)C)cc1. The minimum absolute atomic E-state index is 0.00795. The minimum atomic E-state index is -0.213. The van der Waals surface area contributed by atoms with E-state index in [0.717, 1.165) is 10.2 Å². The van der Waals surface area contributed by atoms with Crippen molar-refractivity contribution in [2.45, 2.75) is 19.9 Å². The van der Waals surface area contributed by atoms with E-state index in [9.17, 15) is 9.59 Å². The summed E-state index contributed by atoms with van der Waals surface area (Å²) in [6, 6.07) is 12.5. The first kappa shape index (κ1) is 17.9. The molecule has 0 saturated carbocycles. The third kappa shape index (κ3) is 3.70. The summed E-state index contributed by atoms with van der Waals surface area (Å²) in [5.41, 5.74) is 2.08. The van der Waals surface area contributed by atoms with Gasteiger partial charge in [-0.1, -0.05) is 24.0 Å². The fourth-order valence-electron chi connectivity index (χ4n) is 2.66. The molecule has 5 nitrogen and oxygen atoms in total. The van der Waals surface area contributed by atoms with Gasteiger partial charge in [0.2, 0.25) is 0 Å². The van der Waals surface area contributed by atoms with E-state index in [1.54, 1.807) is 34.9 Å². The summed E-state index contributed by atoms with van der Waals surface area (Å²) in [6.45, 7) is 7.97. The zero-order valence-corrected chi connectivity index (χ0v) is 15.5. The number of hydrogen-bond acceptors (Lipinski definition) is 4. The van der Waals surface area contributed by atoms with Crippen LogP contribution in [-0.4, -0.2) is 17.1 Å². The molecule has 1 aromatic heterocycles. The zero-order valence-electron chi connectivity index (χ0n) is 14.7. The third-order valence-corrected chi connectivity index (χ3v) is 4.79. The second-order valence-electron chi connectivity index (χ2n) is 6.09. The van der Waals surface area contributed by atoms with Crippen LogP contribution >= 0.6 is 11.3 Å². The highest BCUT2D eigenvalue weighted by atomic mass is 32.1. The molecule has 6 heteroatoms. The Morgan fingerprint density at radius 3 is 2.65 bits per heavy atom. The van der Waals surface area contributed by atoms with Crippen LogP contribution in [0.15, 0.2) is 59.9 Å². The highest BCUT2D eigenvalue weighted by Gasteiger charge is 2.12. The second-order valence-corrected chi connectivity index (χ2v) is 7.09. The standard InChI is InChI=1S/C20H20N2O3S/c1-4-11-25-16-8-5-14(6-9-16)19(23)21-15-7-10-17-18(12-15)26-20(24)22(17)13(2)3/h4-10,12-13H,1,11H2,2-3H3,(H,21,23). The van der Waals surface area contributed by atoms with Crippen molar-refractivity contribution in [1.82, 2.24) is 4.57 Å².